The third-order valence-electron chi connectivity index (χ3n) is 4.36. The Kier molecular flexibility index (Phi) is 7.01. The highest BCUT2D eigenvalue weighted by Gasteiger charge is 2.34. The van der Waals surface area contributed by atoms with Crippen LogP contribution in [0.2, 0.25) is 0 Å². The molecule has 0 bridgehead atoms. The maximum absolute atomic E-state index is 14.3. The number of amides is 1. The zero-order valence-electron chi connectivity index (χ0n) is 16.4. The number of benzene rings is 2. The molecule has 2 rings (SSSR count). The van der Waals surface area contributed by atoms with Crippen molar-refractivity contribution in [2.45, 2.75) is 25.9 Å². The van der Waals surface area contributed by atoms with Crippen LogP contribution >= 0.6 is 0 Å². The molecule has 0 N–H and O–H groups in total. The summed E-state index contributed by atoms with van der Waals surface area (Å²) in [6.45, 7) is 1.98. The van der Waals surface area contributed by atoms with Crippen molar-refractivity contribution < 1.29 is 22.3 Å². The van der Waals surface area contributed by atoms with Gasteiger partial charge in [0, 0.05) is 13.6 Å². The second-order valence-electron chi connectivity index (χ2n) is 6.48. The summed E-state index contributed by atoms with van der Waals surface area (Å²) >= 11 is 0. The minimum absolute atomic E-state index is 0.136. The number of sulfonamides is 1. The third kappa shape index (κ3) is 5.01. The van der Waals surface area contributed by atoms with E-state index in [-0.39, 0.29) is 18.7 Å². The number of ether oxygens (including phenoxy) is 1. The van der Waals surface area contributed by atoms with Crippen LogP contribution in [-0.2, 0) is 21.4 Å². The van der Waals surface area contributed by atoms with E-state index in [1.807, 2.05) is 12.1 Å². The number of carbonyl (C=O) groups is 1. The predicted molar refractivity (Wildman–Crippen MR) is 107 cm³/mol. The van der Waals surface area contributed by atoms with Gasteiger partial charge in [-0.05, 0) is 36.2 Å². The molecule has 8 heteroatoms. The Bertz CT molecular complexity index is 916. The van der Waals surface area contributed by atoms with Crippen LogP contribution < -0.4 is 9.04 Å². The summed E-state index contributed by atoms with van der Waals surface area (Å²) in [4.78, 5) is 14.5. The molecule has 0 unspecified atom stereocenters. The fraction of sp³-hybridized carbons (Fsp3) is 0.350. The first kappa shape index (κ1) is 21.7. The Morgan fingerprint density at radius 2 is 1.75 bits per heavy atom. The number of methoxy groups -OCH3 is 1. The summed E-state index contributed by atoms with van der Waals surface area (Å²) in [5.74, 6) is -0.407. The zero-order chi connectivity index (χ0) is 20.9. The Morgan fingerprint density at radius 1 is 1.14 bits per heavy atom. The van der Waals surface area contributed by atoms with Crippen molar-refractivity contribution in [3.63, 3.8) is 0 Å². The van der Waals surface area contributed by atoms with Gasteiger partial charge in [0.2, 0.25) is 15.9 Å². The highest BCUT2D eigenvalue weighted by atomic mass is 32.2. The summed E-state index contributed by atoms with van der Waals surface area (Å²) in [6.07, 6.45) is 1.17. The van der Waals surface area contributed by atoms with Gasteiger partial charge in [0.15, 0.2) is 0 Å². The smallest absolute Gasteiger partial charge is 0.246 e. The highest BCUT2D eigenvalue weighted by molar-refractivity contribution is 7.92. The van der Waals surface area contributed by atoms with Crippen LogP contribution in [0.1, 0.15) is 18.9 Å². The molecule has 0 aliphatic heterocycles. The van der Waals surface area contributed by atoms with Gasteiger partial charge < -0.3 is 9.64 Å². The van der Waals surface area contributed by atoms with Gasteiger partial charge in [-0.25, -0.2) is 12.8 Å². The molecule has 28 heavy (non-hydrogen) atoms. The van der Waals surface area contributed by atoms with E-state index in [0.717, 1.165) is 16.1 Å². The van der Waals surface area contributed by atoms with Crippen molar-refractivity contribution in [1.29, 1.82) is 0 Å². The van der Waals surface area contributed by atoms with Crippen molar-refractivity contribution in [2.75, 3.05) is 24.7 Å². The van der Waals surface area contributed by atoms with E-state index in [9.17, 15) is 17.6 Å². The minimum atomic E-state index is -3.88. The molecule has 2 aromatic rings. The fourth-order valence-electron chi connectivity index (χ4n) is 2.99. The van der Waals surface area contributed by atoms with E-state index < -0.39 is 27.8 Å². The van der Waals surface area contributed by atoms with Gasteiger partial charge in [-0.1, -0.05) is 31.2 Å². The molecule has 1 atom stereocenters. The molecular formula is C20H25FN2O4S. The molecule has 0 saturated carbocycles. The molecule has 0 fully saturated rings. The van der Waals surface area contributed by atoms with Crippen LogP contribution in [0.5, 0.6) is 5.75 Å². The number of nitrogens with zero attached hydrogens (tertiary/aromatic N) is 2. The molecule has 0 saturated heterocycles. The number of hydrogen-bond donors (Lipinski definition) is 0. The molecule has 0 aliphatic rings. The number of likely N-dealkylation sites (N-methyl/N-ethyl adjacent to an activating group) is 1. The number of para-hydroxylation sites is 1. The molecule has 2 aromatic carbocycles. The molecule has 6 nitrogen and oxygen atoms in total. The second kappa shape index (κ2) is 9.05. The number of hydrogen-bond acceptors (Lipinski definition) is 4. The molecule has 0 spiro atoms. The van der Waals surface area contributed by atoms with Gasteiger partial charge >= 0.3 is 0 Å². The van der Waals surface area contributed by atoms with Crippen molar-refractivity contribution >= 4 is 21.6 Å². The summed E-state index contributed by atoms with van der Waals surface area (Å²) < 4.78 is 45.1. The number of rotatable bonds is 8. The molecule has 1 amide bonds. The monoisotopic (exact) mass is 408 g/mol. The summed E-state index contributed by atoms with van der Waals surface area (Å²) in [5, 5.41) is 0. The van der Waals surface area contributed by atoms with E-state index in [4.69, 9.17) is 4.74 Å². The average molecular weight is 408 g/mol. The molecule has 0 heterocycles. The Morgan fingerprint density at radius 3 is 2.25 bits per heavy atom. The second-order valence-corrected chi connectivity index (χ2v) is 8.34. The lowest BCUT2D eigenvalue weighted by atomic mass is 10.1. The first-order chi connectivity index (χ1) is 13.2. The molecule has 0 radical (unpaired) electrons. The fourth-order valence-corrected chi connectivity index (χ4v) is 4.19. The summed E-state index contributed by atoms with van der Waals surface area (Å²) in [7, 11) is -0.720. The third-order valence-corrected chi connectivity index (χ3v) is 5.52. The van der Waals surface area contributed by atoms with Crippen LogP contribution in [0.4, 0.5) is 10.1 Å². The van der Waals surface area contributed by atoms with Gasteiger partial charge in [0.25, 0.3) is 0 Å². The van der Waals surface area contributed by atoms with Gasteiger partial charge in [-0.15, -0.1) is 0 Å². The van der Waals surface area contributed by atoms with E-state index in [2.05, 4.69) is 0 Å². The number of halogens is 1. The SMILES string of the molecule is CC[C@H](C(=O)N(C)Cc1ccc(OC)cc1)N(c1ccccc1F)S(C)(=O)=O. The molecule has 0 aromatic heterocycles. The first-order valence-corrected chi connectivity index (χ1v) is 10.7. The lowest BCUT2D eigenvalue weighted by Gasteiger charge is -2.33. The van der Waals surface area contributed by atoms with Gasteiger partial charge in [0.05, 0.1) is 19.1 Å². The van der Waals surface area contributed by atoms with Crippen molar-refractivity contribution in [3.8, 4) is 5.75 Å². The predicted octanol–water partition coefficient (Wildman–Crippen LogP) is 3.04. The van der Waals surface area contributed by atoms with Crippen LogP contribution in [0.25, 0.3) is 0 Å². The topological polar surface area (TPSA) is 66.9 Å². The van der Waals surface area contributed by atoms with Crippen molar-refractivity contribution in [2.24, 2.45) is 0 Å². The van der Waals surface area contributed by atoms with Crippen LogP contribution in [-0.4, -0.2) is 45.7 Å². The van der Waals surface area contributed by atoms with Crippen LogP contribution in [0.15, 0.2) is 48.5 Å². The zero-order valence-corrected chi connectivity index (χ0v) is 17.2. The van der Waals surface area contributed by atoms with E-state index in [0.29, 0.717) is 5.75 Å². The summed E-state index contributed by atoms with van der Waals surface area (Å²) in [6, 6.07) is 11.7. The van der Waals surface area contributed by atoms with Gasteiger partial charge in [-0.2, -0.15) is 0 Å². The lowest BCUT2D eigenvalue weighted by Crippen LogP contribution is -2.49. The quantitative estimate of drug-likeness (QED) is 0.673. The largest absolute Gasteiger partial charge is 0.497 e. The van der Waals surface area contributed by atoms with Gasteiger partial charge in [0.1, 0.15) is 17.6 Å². The Balaban J connectivity index is 2.31. The normalized spacial score (nSPS) is 12.3. The Labute approximate surface area is 165 Å². The van der Waals surface area contributed by atoms with Crippen LogP contribution in [0.3, 0.4) is 0 Å². The van der Waals surface area contributed by atoms with Crippen molar-refractivity contribution in [3.05, 3.63) is 59.9 Å². The standard InChI is InChI=1S/C20H25FN2O4S/c1-5-18(23(28(4,25)26)19-9-7-6-8-17(19)21)20(24)22(2)14-15-10-12-16(27-3)13-11-15/h6-13,18H,5,14H2,1-4H3/t18-/m1/s1. The minimum Gasteiger partial charge on any atom is -0.497 e. The maximum Gasteiger partial charge on any atom is 0.246 e. The van der Waals surface area contributed by atoms with E-state index in [1.165, 1.54) is 29.2 Å². The molecule has 0 aliphatic carbocycles. The van der Waals surface area contributed by atoms with E-state index >= 15 is 0 Å². The Hall–Kier alpha value is -2.61. The molecular weight excluding hydrogens is 383 g/mol. The molecule has 152 valence electrons. The number of anilines is 1. The average Bonchev–Trinajstić information content (AvgIpc) is 2.66. The highest BCUT2D eigenvalue weighted by Crippen LogP contribution is 2.26. The van der Waals surface area contributed by atoms with Gasteiger partial charge in [-0.3, -0.25) is 9.10 Å². The van der Waals surface area contributed by atoms with Crippen LogP contribution in [0, 0.1) is 5.82 Å². The van der Waals surface area contributed by atoms with E-state index in [1.54, 1.807) is 33.2 Å². The number of carbonyl (C=O) groups excluding carboxylic acids is 1. The maximum atomic E-state index is 14.3. The summed E-state index contributed by atoms with van der Waals surface area (Å²) in [5.41, 5.74) is 0.728. The lowest BCUT2D eigenvalue weighted by molar-refractivity contribution is -0.131. The van der Waals surface area contributed by atoms with Crippen molar-refractivity contribution in [1.82, 2.24) is 4.90 Å². The first-order valence-electron chi connectivity index (χ1n) is 8.80.